The summed E-state index contributed by atoms with van der Waals surface area (Å²) in [4.78, 5) is 0. The molecule has 0 aromatic heterocycles. The molecular formula is C16H28N-. The van der Waals surface area contributed by atoms with Crippen LogP contribution in [-0.2, 0) is 0 Å². The van der Waals surface area contributed by atoms with Crippen LogP contribution in [0.15, 0.2) is 23.8 Å². The van der Waals surface area contributed by atoms with Crippen molar-refractivity contribution in [1.29, 1.82) is 0 Å². The Kier molecular flexibility index (Phi) is 5.45. The molecular weight excluding hydrogens is 206 g/mol. The van der Waals surface area contributed by atoms with Crippen LogP contribution in [0.4, 0.5) is 0 Å². The third-order valence-corrected chi connectivity index (χ3v) is 4.10. The van der Waals surface area contributed by atoms with Crippen molar-refractivity contribution in [3.05, 3.63) is 29.1 Å². The van der Waals surface area contributed by atoms with Crippen LogP contribution in [0.5, 0.6) is 0 Å². The van der Waals surface area contributed by atoms with E-state index in [9.17, 15) is 0 Å². The molecule has 0 atom stereocenters. The molecule has 98 valence electrons. The summed E-state index contributed by atoms with van der Waals surface area (Å²) >= 11 is 0. The molecule has 0 radical (unpaired) electrons. The van der Waals surface area contributed by atoms with Gasteiger partial charge in [0.1, 0.15) is 0 Å². The van der Waals surface area contributed by atoms with E-state index >= 15 is 0 Å². The van der Waals surface area contributed by atoms with E-state index in [2.05, 4.69) is 51.2 Å². The Labute approximate surface area is 107 Å². The molecule has 0 aromatic carbocycles. The van der Waals surface area contributed by atoms with Gasteiger partial charge in [0.05, 0.1) is 0 Å². The first kappa shape index (κ1) is 14.5. The molecule has 0 amide bonds. The number of nitrogens with zero attached hydrogens (tertiary/aromatic N) is 1. The van der Waals surface area contributed by atoms with Gasteiger partial charge in [-0.3, -0.25) is 0 Å². The Hall–Kier alpha value is -0.560. The van der Waals surface area contributed by atoms with Gasteiger partial charge in [0, 0.05) is 0 Å². The van der Waals surface area contributed by atoms with Crippen molar-refractivity contribution in [2.75, 3.05) is 7.05 Å². The molecule has 0 aliphatic heterocycles. The summed E-state index contributed by atoms with van der Waals surface area (Å²) in [6, 6.07) is 0. The van der Waals surface area contributed by atoms with Crippen LogP contribution in [0, 0.1) is 11.8 Å². The zero-order chi connectivity index (χ0) is 12.9. The molecule has 0 unspecified atom stereocenters. The maximum Gasteiger partial charge on any atom is -0.0204 e. The van der Waals surface area contributed by atoms with E-state index in [1.165, 1.54) is 25.7 Å². The lowest BCUT2D eigenvalue weighted by Crippen LogP contribution is -2.29. The van der Waals surface area contributed by atoms with E-state index in [1.807, 2.05) is 7.05 Å². The van der Waals surface area contributed by atoms with E-state index in [1.54, 1.807) is 5.57 Å². The second-order valence-electron chi connectivity index (χ2n) is 6.03. The van der Waals surface area contributed by atoms with Gasteiger partial charge in [-0.15, -0.1) is 5.54 Å². The fourth-order valence-electron chi connectivity index (χ4n) is 2.48. The first-order chi connectivity index (χ1) is 7.97. The van der Waals surface area contributed by atoms with E-state index in [0.29, 0.717) is 5.92 Å². The standard InChI is InChI=1S/C16H28N/c1-13(2)7-6-8-14(3)15-9-11-16(4,17-5)12-10-15/h6-8,13,15H,9-12H2,1-5H3/q-1/b7-6+,14-8-. The quantitative estimate of drug-likeness (QED) is 0.601. The van der Waals surface area contributed by atoms with Gasteiger partial charge in [-0.05, 0) is 31.6 Å². The first-order valence-corrected chi connectivity index (χ1v) is 6.93. The average molecular weight is 234 g/mol. The summed E-state index contributed by atoms with van der Waals surface area (Å²) < 4.78 is 0. The Balaban J connectivity index is 2.48. The summed E-state index contributed by atoms with van der Waals surface area (Å²) in [5, 5.41) is 4.53. The molecule has 1 nitrogen and oxygen atoms in total. The van der Waals surface area contributed by atoms with Gasteiger partial charge in [-0.25, -0.2) is 0 Å². The van der Waals surface area contributed by atoms with Gasteiger partial charge in [-0.1, -0.05) is 57.4 Å². The maximum absolute atomic E-state index is 4.53. The van der Waals surface area contributed by atoms with Crippen LogP contribution in [0.3, 0.4) is 0 Å². The lowest BCUT2D eigenvalue weighted by molar-refractivity contribution is 0.303. The second-order valence-corrected chi connectivity index (χ2v) is 6.03. The molecule has 0 heterocycles. The molecule has 0 saturated heterocycles. The van der Waals surface area contributed by atoms with Crippen molar-refractivity contribution in [3.8, 4) is 0 Å². The molecule has 17 heavy (non-hydrogen) atoms. The van der Waals surface area contributed by atoms with Gasteiger partial charge < -0.3 is 5.32 Å². The summed E-state index contributed by atoms with van der Waals surface area (Å²) in [6.45, 7) is 9.00. The highest BCUT2D eigenvalue weighted by atomic mass is 14.9. The number of allylic oxidation sites excluding steroid dienone is 4. The van der Waals surface area contributed by atoms with E-state index in [4.69, 9.17) is 0 Å². The Morgan fingerprint density at radius 2 is 1.88 bits per heavy atom. The molecule has 1 heteroatoms. The number of rotatable bonds is 4. The summed E-state index contributed by atoms with van der Waals surface area (Å²) in [5.74, 6) is 1.43. The maximum atomic E-state index is 4.53. The fourth-order valence-corrected chi connectivity index (χ4v) is 2.48. The van der Waals surface area contributed by atoms with E-state index < -0.39 is 0 Å². The predicted octanol–water partition coefficient (Wildman–Crippen LogP) is 5.10. The monoisotopic (exact) mass is 234 g/mol. The van der Waals surface area contributed by atoms with Crippen molar-refractivity contribution < 1.29 is 0 Å². The van der Waals surface area contributed by atoms with Crippen molar-refractivity contribution in [2.45, 2.75) is 58.9 Å². The van der Waals surface area contributed by atoms with Crippen LogP contribution >= 0.6 is 0 Å². The average Bonchev–Trinajstić information content (AvgIpc) is 2.29. The minimum Gasteiger partial charge on any atom is -0.660 e. The molecule has 0 spiro atoms. The molecule has 1 rings (SSSR count). The van der Waals surface area contributed by atoms with E-state index in [-0.39, 0.29) is 5.54 Å². The van der Waals surface area contributed by atoms with Gasteiger partial charge >= 0.3 is 0 Å². The lowest BCUT2D eigenvalue weighted by Gasteiger charge is -2.47. The minimum absolute atomic E-state index is 0.255. The van der Waals surface area contributed by atoms with Gasteiger partial charge in [0.25, 0.3) is 0 Å². The van der Waals surface area contributed by atoms with Crippen LogP contribution in [0.2, 0.25) is 0 Å². The van der Waals surface area contributed by atoms with Crippen molar-refractivity contribution in [2.24, 2.45) is 11.8 Å². The van der Waals surface area contributed by atoms with Crippen molar-refractivity contribution in [1.82, 2.24) is 0 Å². The SMILES string of the molecule is C[N-]C1(C)CCC(/C(C)=C\C=C\C(C)C)CC1. The number of hydrogen-bond acceptors (Lipinski definition) is 0. The third-order valence-electron chi connectivity index (χ3n) is 4.10. The van der Waals surface area contributed by atoms with Gasteiger partial charge in [0.2, 0.25) is 0 Å². The van der Waals surface area contributed by atoms with Gasteiger partial charge in [0.15, 0.2) is 0 Å². The lowest BCUT2D eigenvalue weighted by atomic mass is 9.75. The van der Waals surface area contributed by atoms with Crippen LogP contribution in [0.1, 0.15) is 53.4 Å². The molecule has 0 bridgehead atoms. The zero-order valence-corrected chi connectivity index (χ0v) is 12.2. The molecule has 0 N–H and O–H groups in total. The predicted molar refractivity (Wildman–Crippen MR) is 77.4 cm³/mol. The zero-order valence-electron chi connectivity index (χ0n) is 12.2. The highest BCUT2D eigenvalue weighted by molar-refractivity contribution is 5.16. The Morgan fingerprint density at radius 3 is 2.35 bits per heavy atom. The normalized spacial score (nSPS) is 31.4. The van der Waals surface area contributed by atoms with Crippen molar-refractivity contribution >= 4 is 0 Å². The molecule has 1 saturated carbocycles. The second kappa shape index (κ2) is 6.39. The van der Waals surface area contributed by atoms with Crippen molar-refractivity contribution in [3.63, 3.8) is 0 Å². The highest BCUT2D eigenvalue weighted by Gasteiger charge is 2.23. The molecule has 1 aliphatic carbocycles. The highest BCUT2D eigenvalue weighted by Crippen LogP contribution is 2.39. The largest absolute Gasteiger partial charge is 0.660 e. The summed E-state index contributed by atoms with van der Waals surface area (Å²) in [5.41, 5.74) is 1.80. The topological polar surface area (TPSA) is 14.1 Å². The van der Waals surface area contributed by atoms with Crippen LogP contribution in [-0.4, -0.2) is 12.6 Å². The number of hydrogen-bond donors (Lipinski definition) is 0. The third kappa shape index (κ3) is 4.67. The van der Waals surface area contributed by atoms with Crippen LogP contribution < -0.4 is 0 Å². The minimum atomic E-state index is 0.255. The molecule has 1 aliphatic rings. The Bertz CT molecular complexity index is 278. The van der Waals surface area contributed by atoms with E-state index in [0.717, 1.165) is 5.92 Å². The van der Waals surface area contributed by atoms with Gasteiger partial charge in [-0.2, -0.15) is 7.05 Å². The molecule has 1 fully saturated rings. The first-order valence-electron chi connectivity index (χ1n) is 6.93. The molecule has 0 aromatic rings. The smallest absolute Gasteiger partial charge is 0.0204 e. The summed E-state index contributed by atoms with van der Waals surface area (Å²) in [6.07, 6.45) is 11.9. The fraction of sp³-hybridized carbons (Fsp3) is 0.750. The van der Waals surface area contributed by atoms with Crippen LogP contribution in [0.25, 0.3) is 5.32 Å². The Morgan fingerprint density at radius 1 is 1.29 bits per heavy atom. The summed E-state index contributed by atoms with van der Waals surface area (Å²) in [7, 11) is 1.97.